The van der Waals surface area contributed by atoms with Gasteiger partial charge in [-0.15, -0.1) is 0 Å². The molecule has 0 radical (unpaired) electrons. The smallest absolute Gasteiger partial charge is 0.335 e. The number of phenolic OH excluding ortho intramolecular Hbond substituents is 1. The first kappa shape index (κ1) is 14.7. The zero-order valence-electron chi connectivity index (χ0n) is 11.6. The Labute approximate surface area is 122 Å². The molecule has 2 N–H and O–H groups in total. The summed E-state index contributed by atoms with van der Waals surface area (Å²) in [5, 5.41) is 18.6. The van der Waals surface area contributed by atoms with Gasteiger partial charge in [0.25, 0.3) is 0 Å². The number of carboxylic acid groups (broad SMARTS) is 1. The van der Waals surface area contributed by atoms with Gasteiger partial charge in [-0.3, -0.25) is 0 Å². The van der Waals surface area contributed by atoms with E-state index in [1.165, 1.54) is 7.11 Å². The van der Waals surface area contributed by atoms with E-state index in [9.17, 15) is 9.90 Å². The molecule has 0 aliphatic carbocycles. The maximum Gasteiger partial charge on any atom is 0.335 e. The van der Waals surface area contributed by atoms with Crippen molar-refractivity contribution in [1.29, 1.82) is 0 Å². The molecule has 2 aromatic rings. The second-order valence-corrected chi connectivity index (χ2v) is 4.50. The number of hydrogen-bond donors (Lipinski definition) is 2. The van der Waals surface area contributed by atoms with E-state index in [1.807, 2.05) is 18.2 Å². The predicted octanol–water partition coefficient (Wildman–Crippen LogP) is 3.35. The lowest BCUT2D eigenvalue weighted by Gasteiger charge is -2.04. The Balaban J connectivity index is 2.15. The van der Waals surface area contributed by atoms with E-state index in [-0.39, 0.29) is 5.75 Å². The van der Waals surface area contributed by atoms with Crippen molar-refractivity contribution in [3.8, 4) is 11.5 Å². The molecular formula is C17H16O4. The number of rotatable bonds is 5. The summed E-state index contributed by atoms with van der Waals surface area (Å²) in [5.74, 6) is -0.431. The van der Waals surface area contributed by atoms with Gasteiger partial charge in [-0.25, -0.2) is 4.79 Å². The van der Waals surface area contributed by atoms with Crippen LogP contribution in [0.3, 0.4) is 0 Å². The number of carboxylic acids is 1. The molecule has 0 aliphatic rings. The number of allylic oxidation sites excluding steroid dienone is 1. The number of carbonyl (C=O) groups is 1. The molecule has 0 heterocycles. The number of ether oxygens (including phenoxy) is 1. The molecular weight excluding hydrogens is 268 g/mol. The minimum absolute atomic E-state index is 0.0888. The van der Waals surface area contributed by atoms with Gasteiger partial charge in [-0.2, -0.15) is 0 Å². The van der Waals surface area contributed by atoms with Crippen molar-refractivity contribution in [3.05, 3.63) is 65.2 Å². The van der Waals surface area contributed by atoms with Gasteiger partial charge in [0.1, 0.15) is 0 Å². The summed E-state index contributed by atoms with van der Waals surface area (Å²) in [6.45, 7) is 0. The average Bonchev–Trinajstić information content (AvgIpc) is 2.49. The van der Waals surface area contributed by atoms with Gasteiger partial charge < -0.3 is 14.9 Å². The van der Waals surface area contributed by atoms with Crippen molar-refractivity contribution in [3.63, 3.8) is 0 Å². The van der Waals surface area contributed by atoms with Crippen molar-refractivity contribution >= 4 is 12.0 Å². The lowest BCUT2D eigenvalue weighted by atomic mass is 10.0. The van der Waals surface area contributed by atoms with Crippen LogP contribution in [0, 0.1) is 0 Å². The topological polar surface area (TPSA) is 66.8 Å². The van der Waals surface area contributed by atoms with Gasteiger partial charge >= 0.3 is 5.97 Å². The molecule has 0 aliphatic heterocycles. The first-order valence-corrected chi connectivity index (χ1v) is 6.46. The highest BCUT2D eigenvalue weighted by Crippen LogP contribution is 2.26. The van der Waals surface area contributed by atoms with Gasteiger partial charge in [0, 0.05) is 0 Å². The van der Waals surface area contributed by atoms with Gasteiger partial charge in [0.15, 0.2) is 11.5 Å². The predicted molar refractivity (Wildman–Crippen MR) is 80.8 cm³/mol. The Morgan fingerprint density at radius 3 is 2.71 bits per heavy atom. The van der Waals surface area contributed by atoms with Gasteiger partial charge in [0.05, 0.1) is 12.7 Å². The van der Waals surface area contributed by atoms with E-state index in [0.29, 0.717) is 17.7 Å². The van der Waals surface area contributed by atoms with Crippen LogP contribution in [0.4, 0.5) is 0 Å². The molecule has 0 bridgehead atoms. The van der Waals surface area contributed by atoms with Crippen LogP contribution in [-0.4, -0.2) is 23.3 Å². The van der Waals surface area contributed by atoms with Crippen molar-refractivity contribution < 1.29 is 19.7 Å². The summed E-state index contributed by atoms with van der Waals surface area (Å²) < 4.78 is 5.04. The molecule has 4 heteroatoms. The molecule has 108 valence electrons. The van der Waals surface area contributed by atoms with E-state index in [1.54, 1.807) is 36.4 Å². The van der Waals surface area contributed by atoms with Gasteiger partial charge in [-0.05, 0) is 35.7 Å². The number of aromatic carboxylic acids is 1. The molecule has 0 aromatic heterocycles. The largest absolute Gasteiger partial charge is 0.504 e. The number of benzene rings is 2. The van der Waals surface area contributed by atoms with Crippen LogP contribution >= 0.6 is 0 Å². The van der Waals surface area contributed by atoms with Crippen LogP contribution in [0.15, 0.2) is 48.5 Å². The Morgan fingerprint density at radius 2 is 2.00 bits per heavy atom. The highest BCUT2D eigenvalue weighted by Gasteiger charge is 2.07. The molecule has 0 saturated heterocycles. The lowest BCUT2D eigenvalue weighted by Crippen LogP contribution is -2.01. The van der Waals surface area contributed by atoms with Crippen LogP contribution < -0.4 is 4.74 Å². The number of methoxy groups -OCH3 is 1. The molecule has 2 aromatic carbocycles. The highest BCUT2D eigenvalue weighted by molar-refractivity contribution is 5.89. The summed E-state index contributed by atoms with van der Waals surface area (Å²) in [6, 6.07) is 12.0. The normalized spacial score (nSPS) is 10.7. The zero-order chi connectivity index (χ0) is 15.2. The molecule has 0 fully saturated rings. The molecule has 0 saturated carbocycles. The standard InChI is InChI=1S/C17H16O4/c1-21-16-11-12(9-10-15(16)18)5-4-7-13-6-2-3-8-14(13)17(19)20/h2-6,8-11,18H,7H2,1H3,(H,19,20). The van der Waals surface area contributed by atoms with Crippen molar-refractivity contribution in [2.75, 3.05) is 7.11 Å². The summed E-state index contributed by atoms with van der Waals surface area (Å²) in [6.07, 6.45) is 4.26. The van der Waals surface area contributed by atoms with Crippen molar-refractivity contribution in [1.82, 2.24) is 0 Å². The molecule has 0 atom stereocenters. The van der Waals surface area contributed by atoms with Gasteiger partial charge in [-0.1, -0.05) is 36.4 Å². The highest BCUT2D eigenvalue weighted by atomic mass is 16.5. The van der Waals surface area contributed by atoms with Gasteiger partial charge in [0.2, 0.25) is 0 Å². The summed E-state index contributed by atoms with van der Waals surface area (Å²) in [4.78, 5) is 11.1. The van der Waals surface area contributed by atoms with E-state index in [0.717, 1.165) is 11.1 Å². The van der Waals surface area contributed by atoms with Crippen molar-refractivity contribution in [2.45, 2.75) is 6.42 Å². The first-order valence-electron chi connectivity index (χ1n) is 6.46. The van der Waals surface area contributed by atoms with Crippen LogP contribution in [0.5, 0.6) is 11.5 Å². The Morgan fingerprint density at radius 1 is 1.24 bits per heavy atom. The Kier molecular flexibility index (Phi) is 4.61. The van der Waals surface area contributed by atoms with Crippen LogP contribution in [0.2, 0.25) is 0 Å². The second-order valence-electron chi connectivity index (χ2n) is 4.50. The fourth-order valence-corrected chi connectivity index (χ4v) is 2.03. The number of phenols is 1. The Hall–Kier alpha value is -2.75. The molecule has 0 spiro atoms. The third-order valence-electron chi connectivity index (χ3n) is 3.10. The number of hydrogen-bond acceptors (Lipinski definition) is 3. The summed E-state index contributed by atoms with van der Waals surface area (Å²) in [5.41, 5.74) is 1.94. The van der Waals surface area contributed by atoms with Crippen LogP contribution in [0.1, 0.15) is 21.5 Å². The second kappa shape index (κ2) is 6.61. The monoisotopic (exact) mass is 284 g/mol. The lowest BCUT2D eigenvalue weighted by molar-refractivity contribution is 0.0696. The number of aromatic hydroxyl groups is 1. The molecule has 21 heavy (non-hydrogen) atoms. The quantitative estimate of drug-likeness (QED) is 0.883. The zero-order valence-corrected chi connectivity index (χ0v) is 11.6. The molecule has 2 rings (SSSR count). The summed E-state index contributed by atoms with van der Waals surface area (Å²) in [7, 11) is 1.49. The maximum atomic E-state index is 11.1. The van der Waals surface area contributed by atoms with Crippen LogP contribution in [0.25, 0.3) is 6.08 Å². The molecule has 0 unspecified atom stereocenters. The average molecular weight is 284 g/mol. The maximum absolute atomic E-state index is 11.1. The molecule has 0 amide bonds. The van der Waals surface area contributed by atoms with Crippen molar-refractivity contribution in [2.24, 2.45) is 0 Å². The minimum atomic E-state index is -0.926. The van der Waals surface area contributed by atoms with E-state index in [2.05, 4.69) is 0 Å². The third kappa shape index (κ3) is 3.63. The third-order valence-corrected chi connectivity index (χ3v) is 3.10. The fourth-order valence-electron chi connectivity index (χ4n) is 2.03. The van der Waals surface area contributed by atoms with Crippen LogP contribution in [-0.2, 0) is 6.42 Å². The first-order chi connectivity index (χ1) is 10.1. The Bertz CT molecular complexity index is 674. The SMILES string of the molecule is COc1cc(C=CCc2ccccc2C(=O)O)ccc1O. The summed E-state index contributed by atoms with van der Waals surface area (Å²) >= 11 is 0. The minimum Gasteiger partial charge on any atom is -0.504 e. The van der Waals surface area contributed by atoms with E-state index in [4.69, 9.17) is 9.84 Å². The van der Waals surface area contributed by atoms with E-state index >= 15 is 0 Å². The van der Waals surface area contributed by atoms with E-state index < -0.39 is 5.97 Å². The fraction of sp³-hybridized carbons (Fsp3) is 0.118. The molecule has 4 nitrogen and oxygen atoms in total.